The van der Waals surface area contributed by atoms with Gasteiger partial charge in [-0.2, -0.15) is 16.8 Å². The molecule has 0 aliphatic heterocycles. The molecule has 22 N–H and O–H groups in total. The molecule has 0 aliphatic carbocycles. The molecular formula is H26Mg2O17S2. The summed E-state index contributed by atoms with van der Waals surface area (Å²) in [7, 11) is -9.33. The molecule has 0 bridgehead atoms. The molecule has 17 nitrogen and oxygen atoms in total. The minimum atomic E-state index is -4.67. The van der Waals surface area contributed by atoms with Crippen LogP contribution in [0.5, 0.6) is 0 Å². The molecule has 0 unspecified atom stereocenters. The monoisotopic (exact) mass is 410 g/mol. The SMILES string of the molecule is O.O.O.O.O.O.O.O.O.O=S(=O)(O)O.O=S(=O)(O)O.[MgH2].[MgH2]. The maximum atomic E-state index is 8.74. The first-order valence-corrected chi connectivity index (χ1v) is 4.19. The summed E-state index contributed by atoms with van der Waals surface area (Å²) in [4.78, 5) is 0. The van der Waals surface area contributed by atoms with Crippen LogP contribution in [0, 0.1) is 0 Å². The Morgan fingerprint density at radius 1 is 0.381 bits per heavy atom. The van der Waals surface area contributed by atoms with Crippen LogP contribution in [0.4, 0.5) is 0 Å². The van der Waals surface area contributed by atoms with Gasteiger partial charge >= 0.3 is 66.9 Å². The second kappa shape index (κ2) is 49.7. The first kappa shape index (κ1) is 121. The molecule has 0 rings (SSSR count). The van der Waals surface area contributed by atoms with Gasteiger partial charge in [0.15, 0.2) is 0 Å². The average molecular weight is 411 g/mol. The van der Waals surface area contributed by atoms with Crippen LogP contribution in [-0.2, 0) is 20.8 Å². The minimum Gasteiger partial charge on any atom is -0.412 e. The number of hydrogen-bond acceptors (Lipinski definition) is 4. The summed E-state index contributed by atoms with van der Waals surface area (Å²) < 4.78 is 63.2. The van der Waals surface area contributed by atoms with E-state index in [4.69, 9.17) is 35.0 Å². The number of rotatable bonds is 0. The van der Waals surface area contributed by atoms with E-state index in [0.29, 0.717) is 0 Å². The molecule has 0 radical (unpaired) electrons. The van der Waals surface area contributed by atoms with Crippen molar-refractivity contribution in [2.45, 2.75) is 0 Å². The van der Waals surface area contributed by atoms with E-state index in [2.05, 4.69) is 0 Å². The van der Waals surface area contributed by atoms with E-state index in [9.17, 15) is 0 Å². The normalized spacial score (nSPS) is 5.52. The fourth-order valence-corrected chi connectivity index (χ4v) is 0. The molecule has 0 saturated carbocycles. The van der Waals surface area contributed by atoms with E-state index in [1.807, 2.05) is 0 Å². The lowest BCUT2D eigenvalue weighted by atomic mass is 15.8. The fraction of sp³-hybridized carbons (Fsp3) is 0. The van der Waals surface area contributed by atoms with Crippen LogP contribution < -0.4 is 0 Å². The molecule has 0 aromatic heterocycles. The first-order chi connectivity index (χ1) is 4.00. The first-order valence-electron chi connectivity index (χ1n) is 1.40. The average Bonchev–Trinajstić information content (AvgIpc) is 1.12. The lowest BCUT2D eigenvalue weighted by molar-refractivity contribution is 0.378. The molecule has 0 atom stereocenters. The summed E-state index contributed by atoms with van der Waals surface area (Å²) in [5.41, 5.74) is 0. The van der Waals surface area contributed by atoms with Crippen molar-refractivity contribution >= 4 is 66.9 Å². The van der Waals surface area contributed by atoms with Crippen LogP contribution in [0.2, 0.25) is 0 Å². The van der Waals surface area contributed by atoms with Gasteiger partial charge in [-0.1, -0.05) is 0 Å². The Bertz CT molecular complexity index is 215. The van der Waals surface area contributed by atoms with E-state index in [-0.39, 0.29) is 95.4 Å². The summed E-state index contributed by atoms with van der Waals surface area (Å²) in [6, 6.07) is 0. The molecule has 0 fully saturated rings. The summed E-state index contributed by atoms with van der Waals surface area (Å²) in [6.07, 6.45) is 0. The molecule has 21 heteroatoms. The molecule has 0 spiro atoms. The highest BCUT2D eigenvalue weighted by atomic mass is 32.3. The molecule has 0 amide bonds. The maximum absolute atomic E-state index is 8.74. The molecule has 0 heterocycles. The Kier molecular flexibility index (Phi) is 286. The zero-order valence-electron chi connectivity index (χ0n) is 8.74. The lowest BCUT2D eigenvalue weighted by Gasteiger charge is -1.68. The van der Waals surface area contributed by atoms with Gasteiger partial charge in [-0.25, -0.2) is 0 Å². The second-order valence-corrected chi connectivity index (χ2v) is 2.69. The quantitative estimate of drug-likeness (QED) is 0.218. The van der Waals surface area contributed by atoms with Gasteiger partial charge in [0.25, 0.3) is 0 Å². The molecule has 0 aliphatic rings. The van der Waals surface area contributed by atoms with Crippen LogP contribution in [-0.4, -0.2) is 130 Å². The van der Waals surface area contributed by atoms with Gasteiger partial charge in [-0.15, -0.1) is 0 Å². The van der Waals surface area contributed by atoms with Crippen LogP contribution in [0.1, 0.15) is 0 Å². The van der Waals surface area contributed by atoms with Crippen molar-refractivity contribution in [3.63, 3.8) is 0 Å². The van der Waals surface area contributed by atoms with Gasteiger partial charge in [0.05, 0.1) is 0 Å². The molecule has 0 saturated heterocycles. The van der Waals surface area contributed by atoms with Crippen molar-refractivity contribution in [2.75, 3.05) is 0 Å². The largest absolute Gasteiger partial charge is 0.412 e. The Hall–Kier alpha value is 0.912. The maximum Gasteiger partial charge on any atom is 0.394 e. The summed E-state index contributed by atoms with van der Waals surface area (Å²) in [6.45, 7) is 0. The van der Waals surface area contributed by atoms with Crippen molar-refractivity contribution in [2.24, 2.45) is 0 Å². The molecular weight excluding hydrogens is 385 g/mol. The summed E-state index contributed by atoms with van der Waals surface area (Å²) >= 11 is 0. The second-order valence-electron chi connectivity index (χ2n) is 0.896. The van der Waals surface area contributed by atoms with E-state index < -0.39 is 20.8 Å². The smallest absolute Gasteiger partial charge is 0.394 e. The van der Waals surface area contributed by atoms with E-state index in [1.54, 1.807) is 0 Å². The van der Waals surface area contributed by atoms with Crippen LogP contribution in [0.3, 0.4) is 0 Å². The predicted molar refractivity (Wildman–Crippen MR) is 78.0 cm³/mol. The van der Waals surface area contributed by atoms with Crippen molar-refractivity contribution in [1.82, 2.24) is 0 Å². The van der Waals surface area contributed by atoms with E-state index >= 15 is 0 Å². The van der Waals surface area contributed by atoms with Gasteiger partial charge in [0.2, 0.25) is 0 Å². The van der Waals surface area contributed by atoms with Crippen LogP contribution in [0.15, 0.2) is 0 Å². The van der Waals surface area contributed by atoms with Crippen molar-refractivity contribution in [1.29, 1.82) is 0 Å². The van der Waals surface area contributed by atoms with Crippen molar-refractivity contribution in [3.8, 4) is 0 Å². The van der Waals surface area contributed by atoms with Crippen LogP contribution in [0.25, 0.3) is 0 Å². The molecule has 21 heavy (non-hydrogen) atoms. The van der Waals surface area contributed by atoms with Gasteiger partial charge in [-0.05, 0) is 0 Å². The van der Waals surface area contributed by atoms with Gasteiger partial charge in [-0.3, -0.25) is 18.2 Å². The van der Waals surface area contributed by atoms with E-state index in [0.717, 1.165) is 0 Å². The van der Waals surface area contributed by atoms with E-state index in [1.165, 1.54) is 0 Å². The highest BCUT2D eigenvalue weighted by Crippen LogP contribution is 1.59. The zero-order chi connectivity index (χ0) is 9.00. The third-order valence-electron chi connectivity index (χ3n) is 0. The summed E-state index contributed by atoms with van der Waals surface area (Å²) in [5, 5.41) is 0. The standard InChI is InChI=1S/2Mg.2H2O4S.9H2O.4H/c;;2*1-5(2,3)4;;;;;;;;;;;;;/h;;2*(H2,1,2,3,4);9*1H2;;;;. The Morgan fingerprint density at radius 2 is 0.381 bits per heavy atom. The lowest BCUT2D eigenvalue weighted by Crippen LogP contribution is -1.89. The zero-order valence-corrected chi connectivity index (χ0v) is 10.4. The minimum absolute atomic E-state index is 0. The fourth-order valence-electron chi connectivity index (χ4n) is 0. The topological polar surface area (TPSA) is 433 Å². The molecule has 0 aromatic rings. The Balaban J connectivity index is -0.00000000364. The Labute approximate surface area is 151 Å². The van der Waals surface area contributed by atoms with Crippen LogP contribution >= 0.6 is 0 Å². The highest BCUT2D eigenvalue weighted by Gasteiger charge is 1.85. The highest BCUT2D eigenvalue weighted by molar-refractivity contribution is 7.80. The van der Waals surface area contributed by atoms with Gasteiger partial charge in [0, 0.05) is 0 Å². The Morgan fingerprint density at radius 3 is 0.381 bits per heavy atom. The third kappa shape index (κ3) is 8980. The van der Waals surface area contributed by atoms with Gasteiger partial charge in [0.1, 0.15) is 0 Å². The van der Waals surface area contributed by atoms with Gasteiger partial charge < -0.3 is 49.3 Å². The summed E-state index contributed by atoms with van der Waals surface area (Å²) in [5.74, 6) is 0. The van der Waals surface area contributed by atoms with Crippen molar-refractivity contribution in [3.05, 3.63) is 0 Å². The third-order valence-corrected chi connectivity index (χ3v) is 0. The predicted octanol–water partition coefficient (Wildman–Crippen LogP) is -10.6. The number of hydrogen-bond donors (Lipinski definition) is 4. The van der Waals surface area contributed by atoms with Crippen molar-refractivity contribution < 1.29 is 84.3 Å². The molecule has 144 valence electrons. The molecule has 0 aromatic carbocycles.